The number of carbonyl (C=O) groups excluding carboxylic acids is 1. The Bertz CT molecular complexity index is 1200. The molecule has 2 saturated heterocycles. The van der Waals surface area contributed by atoms with Crippen molar-refractivity contribution in [2.75, 3.05) is 24.5 Å². The molecule has 6 rings (SSSR count). The van der Waals surface area contributed by atoms with Gasteiger partial charge >= 0.3 is 0 Å². The number of amides is 1. The van der Waals surface area contributed by atoms with Crippen LogP contribution in [0.1, 0.15) is 25.8 Å². The molecule has 1 saturated carbocycles. The third kappa shape index (κ3) is 2.41. The summed E-state index contributed by atoms with van der Waals surface area (Å²) in [6, 6.07) is 4.73. The molecule has 5 heterocycles. The van der Waals surface area contributed by atoms with Crippen LogP contribution in [-0.4, -0.2) is 45.3 Å². The van der Waals surface area contributed by atoms with Crippen molar-refractivity contribution in [1.29, 1.82) is 5.26 Å². The standard InChI is InChI=1S/C21H21N7OS/c1-12-8-27(20(29)21(12,10-22)14-2-3-14)19-18-17(24-11-30-18)4-16(26-19)13-5-25-28(9-13)15-6-23-7-15/h4-5,9,11-12,14-15,23H,2-3,6-8H2,1H3/t12-,21+/m1/s1. The third-order valence-corrected chi connectivity index (χ3v) is 7.66. The predicted molar refractivity (Wildman–Crippen MR) is 113 cm³/mol. The highest BCUT2D eigenvalue weighted by atomic mass is 32.1. The van der Waals surface area contributed by atoms with E-state index in [9.17, 15) is 10.1 Å². The maximum Gasteiger partial charge on any atom is 0.249 e. The molecule has 0 radical (unpaired) electrons. The first kappa shape index (κ1) is 18.0. The average molecular weight is 420 g/mol. The van der Waals surface area contributed by atoms with Crippen molar-refractivity contribution in [3.05, 3.63) is 24.0 Å². The predicted octanol–water partition coefficient (Wildman–Crippen LogP) is 2.60. The summed E-state index contributed by atoms with van der Waals surface area (Å²) in [5, 5.41) is 17.7. The SMILES string of the molecule is C[C@@H]1CN(c2nc(-c3cnn(C4CNC4)c3)cc3ncsc23)C(=O)[C@]1(C#N)C1CC1. The minimum atomic E-state index is -0.920. The molecule has 0 unspecified atom stereocenters. The van der Waals surface area contributed by atoms with Crippen molar-refractivity contribution >= 4 is 33.3 Å². The fraction of sp³-hybridized carbons (Fsp3) is 0.476. The van der Waals surface area contributed by atoms with Crippen molar-refractivity contribution < 1.29 is 4.79 Å². The van der Waals surface area contributed by atoms with Crippen LogP contribution in [0.5, 0.6) is 0 Å². The number of carbonyl (C=O) groups is 1. The van der Waals surface area contributed by atoms with E-state index >= 15 is 0 Å². The van der Waals surface area contributed by atoms with Crippen LogP contribution >= 0.6 is 11.3 Å². The van der Waals surface area contributed by atoms with E-state index in [4.69, 9.17) is 4.98 Å². The molecule has 2 atom stereocenters. The van der Waals surface area contributed by atoms with E-state index in [0.29, 0.717) is 18.4 Å². The number of anilines is 1. The van der Waals surface area contributed by atoms with Crippen molar-refractivity contribution in [3.63, 3.8) is 0 Å². The van der Waals surface area contributed by atoms with Crippen LogP contribution in [0.25, 0.3) is 21.5 Å². The summed E-state index contributed by atoms with van der Waals surface area (Å²) >= 11 is 1.48. The number of fused-ring (bicyclic) bond motifs is 1. The maximum atomic E-state index is 13.5. The van der Waals surface area contributed by atoms with Gasteiger partial charge in [-0.2, -0.15) is 10.4 Å². The lowest BCUT2D eigenvalue weighted by Crippen LogP contribution is -2.43. The minimum absolute atomic E-state index is 0.0233. The molecule has 9 heteroatoms. The van der Waals surface area contributed by atoms with Crippen LogP contribution < -0.4 is 10.2 Å². The fourth-order valence-electron chi connectivity index (χ4n) is 4.80. The van der Waals surface area contributed by atoms with Crippen LogP contribution in [0.15, 0.2) is 24.0 Å². The topological polar surface area (TPSA) is 99.7 Å². The lowest BCUT2D eigenvalue weighted by atomic mass is 9.75. The van der Waals surface area contributed by atoms with Gasteiger partial charge in [0.25, 0.3) is 0 Å². The second-order valence-electron chi connectivity index (χ2n) is 8.62. The minimum Gasteiger partial charge on any atom is -0.312 e. The molecular formula is C21H21N7OS. The Hall–Kier alpha value is -2.83. The Kier molecular flexibility index (Phi) is 3.80. The largest absolute Gasteiger partial charge is 0.312 e. The van der Waals surface area contributed by atoms with Gasteiger partial charge in [-0.25, -0.2) is 9.97 Å². The van der Waals surface area contributed by atoms with Crippen LogP contribution in [0.2, 0.25) is 0 Å². The normalized spacial score (nSPS) is 26.9. The third-order valence-electron chi connectivity index (χ3n) is 6.82. The smallest absolute Gasteiger partial charge is 0.249 e. The summed E-state index contributed by atoms with van der Waals surface area (Å²) < 4.78 is 2.86. The van der Waals surface area contributed by atoms with Crippen LogP contribution in [0.3, 0.4) is 0 Å². The number of nitrogens with one attached hydrogen (secondary N) is 1. The number of nitriles is 1. The zero-order valence-electron chi connectivity index (χ0n) is 16.6. The molecule has 0 spiro atoms. The van der Waals surface area contributed by atoms with E-state index in [2.05, 4.69) is 21.5 Å². The zero-order valence-corrected chi connectivity index (χ0v) is 17.4. The first-order valence-electron chi connectivity index (χ1n) is 10.3. The lowest BCUT2D eigenvalue weighted by Gasteiger charge is -2.27. The van der Waals surface area contributed by atoms with Gasteiger partial charge in [0, 0.05) is 37.3 Å². The van der Waals surface area contributed by atoms with Crippen molar-refractivity contribution in [3.8, 4) is 17.3 Å². The molecule has 3 aliphatic rings. The number of aromatic nitrogens is 4. The van der Waals surface area contributed by atoms with Gasteiger partial charge in [0.05, 0.1) is 39.7 Å². The van der Waals surface area contributed by atoms with Crippen molar-refractivity contribution in [1.82, 2.24) is 25.1 Å². The van der Waals surface area contributed by atoms with Crippen LogP contribution in [0, 0.1) is 28.6 Å². The van der Waals surface area contributed by atoms with Crippen LogP contribution in [-0.2, 0) is 4.79 Å². The van der Waals surface area contributed by atoms with Crippen LogP contribution in [0.4, 0.5) is 5.82 Å². The van der Waals surface area contributed by atoms with Gasteiger partial charge in [-0.05, 0) is 24.8 Å². The van der Waals surface area contributed by atoms with Crippen molar-refractivity contribution in [2.45, 2.75) is 25.8 Å². The molecule has 0 aromatic carbocycles. The van der Waals surface area contributed by atoms with E-state index in [0.717, 1.165) is 47.4 Å². The number of pyridine rings is 1. The van der Waals surface area contributed by atoms with Gasteiger partial charge in [-0.15, -0.1) is 11.3 Å². The number of hydrogen-bond donors (Lipinski definition) is 1. The fourth-order valence-corrected chi connectivity index (χ4v) is 5.56. The molecule has 3 fully saturated rings. The first-order chi connectivity index (χ1) is 14.6. The van der Waals surface area contributed by atoms with E-state index in [1.807, 2.05) is 30.1 Å². The van der Waals surface area contributed by atoms with Gasteiger partial charge < -0.3 is 5.32 Å². The Morgan fingerprint density at radius 1 is 1.37 bits per heavy atom. The van der Waals surface area contributed by atoms with E-state index in [-0.39, 0.29) is 17.7 Å². The molecular weight excluding hydrogens is 398 g/mol. The maximum absolute atomic E-state index is 13.5. The molecule has 3 aromatic rings. The van der Waals surface area contributed by atoms with Gasteiger partial charge in [0.2, 0.25) is 5.91 Å². The number of thiazole rings is 1. The number of rotatable bonds is 4. The summed E-state index contributed by atoms with van der Waals surface area (Å²) in [4.78, 5) is 24.7. The van der Waals surface area contributed by atoms with Crippen molar-refractivity contribution in [2.24, 2.45) is 17.3 Å². The molecule has 0 bridgehead atoms. The van der Waals surface area contributed by atoms with Gasteiger partial charge in [0.1, 0.15) is 5.41 Å². The zero-order chi connectivity index (χ0) is 20.5. The molecule has 1 amide bonds. The van der Waals surface area contributed by atoms with E-state index < -0.39 is 5.41 Å². The molecule has 1 N–H and O–H groups in total. The first-order valence-corrected chi connectivity index (χ1v) is 11.2. The lowest BCUT2D eigenvalue weighted by molar-refractivity contribution is -0.124. The number of nitrogens with zero attached hydrogens (tertiary/aromatic N) is 6. The highest BCUT2D eigenvalue weighted by molar-refractivity contribution is 7.17. The van der Waals surface area contributed by atoms with Gasteiger partial charge in [-0.3, -0.25) is 14.4 Å². The monoisotopic (exact) mass is 419 g/mol. The number of hydrogen-bond acceptors (Lipinski definition) is 7. The summed E-state index contributed by atoms with van der Waals surface area (Å²) in [7, 11) is 0. The van der Waals surface area contributed by atoms with Gasteiger partial charge in [0.15, 0.2) is 5.82 Å². The second kappa shape index (κ2) is 6.33. The highest BCUT2D eigenvalue weighted by Gasteiger charge is 2.61. The molecule has 2 aliphatic heterocycles. The Labute approximate surface area is 177 Å². The van der Waals surface area contributed by atoms with E-state index in [1.165, 1.54) is 11.3 Å². The highest BCUT2D eigenvalue weighted by Crippen LogP contribution is 2.55. The quantitative estimate of drug-likeness (QED) is 0.698. The van der Waals surface area contributed by atoms with Gasteiger partial charge in [-0.1, -0.05) is 6.92 Å². The summed E-state index contributed by atoms with van der Waals surface area (Å²) in [6.07, 6.45) is 5.74. The second-order valence-corrected chi connectivity index (χ2v) is 9.48. The Balaban J connectivity index is 1.44. The van der Waals surface area contributed by atoms with E-state index in [1.54, 1.807) is 10.4 Å². The molecule has 152 valence electrons. The Morgan fingerprint density at radius 3 is 2.90 bits per heavy atom. The summed E-state index contributed by atoms with van der Waals surface area (Å²) in [5.74, 6) is 0.669. The summed E-state index contributed by atoms with van der Waals surface area (Å²) in [5.41, 5.74) is 3.34. The molecule has 30 heavy (non-hydrogen) atoms. The molecule has 3 aromatic heterocycles. The average Bonchev–Trinajstić information content (AvgIpc) is 3.15. The summed E-state index contributed by atoms with van der Waals surface area (Å²) in [6.45, 7) is 4.37. The molecule has 8 nitrogen and oxygen atoms in total. The molecule has 1 aliphatic carbocycles. The Morgan fingerprint density at radius 2 is 2.20 bits per heavy atom.